The van der Waals surface area contributed by atoms with E-state index in [0.717, 1.165) is 5.56 Å². The third kappa shape index (κ3) is 5.28. The van der Waals surface area contributed by atoms with Crippen molar-refractivity contribution < 1.29 is 19.4 Å². The molecule has 0 radical (unpaired) electrons. The first-order valence-electron chi connectivity index (χ1n) is 10.6. The molecular formula is C25H27Cl2NO5. The van der Waals surface area contributed by atoms with Gasteiger partial charge in [0.15, 0.2) is 17.3 Å². The molecule has 3 atom stereocenters. The van der Waals surface area contributed by atoms with E-state index >= 15 is 0 Å². The number of nitrogens with one attached hydrogen (secondary N) is 1. The summed E-state index contributed by atoms with van der Waals surface area (Å²) in [5.41, 5.74) is 0.306. The number of hydrogen-bond donors (Lipinski definition) is 2. The van der Waals surface area contributed by atoms with Crippen molar-refractivity contribution in [3.8, 4) is 17.2 Å². The van der Waals surface area contributed by atoms with Crippen LogP contribution < -0.4 is 15.0 Å². The summed E-state index contributed by atoms with van der Waals surface area (Å²) in [5, 5.41) is 11.0. The van der Waals surface area contributed by atoms with E-state index in [9.17, 15) is 14.7 Å². The van der Waals surface area contributed by atoms with Gasteiger partial charge in [-0.05, 0) is 36.5 Å². The number of hydrogen-bond acceptors (Lipinski definition) is 5. The Morgan fingerprint density at radius 3 is 2.42 bits per heavy atom. The van der Waals surface area contributed by atoms with Gasteiger partial charge in [-0.15, -0.1) is 23.2 Å². The maximum Gasteiger partial charge on any atom is 0.263 e. The van der Waals surface area contributed by atoms with Gasteiger partial charge in [0.25, 0.3) is 5.56 Å². The highest BCUT2D eigenvalue weighted by Crippen LogP contribution is 2.41. The Morgan fingerprint density at radius 2 is 1.82 bits per heavy atom. The van der Waals surface area contributed by atoms with Gasteiger partial charge in [-0.25, -0.2) is 0 Å². The van der Waals surface area contributed by atoms with Gasteiger partial charge in [0.1, 0.15) is 11.3 Å². The van der Waals surface area contributed by atoms with Crippen LogP contribution in [0, 0.1) is 11.8 Å². The first kappa shape index (κ1) is 24.9. The normalized spacial score (nSPS) is 14.0. The van der Waals surface area contributed by atoms with Crippen molar-refractivity contribution in [2.75, 3.05) is 20.1 Å². The van der Waals surface area contributed by atoms with Gasteiger partial charge in [0.2, 0.25) is 0 Å². The van der Waals surface area contributed by atoms with Gasteiger partial charge >= 0.3 is 0 Å². The van der Waals surface area contributed by atoms with Crippen LogP contribution in [0.15, 0.2) is 47.3 Å². The molecule has 0 bridgehead atoms. The summed E-state index contributed by atoms with van der Waals surface area (Å²) in [6, 6.07) is 12.7. The average Bonchev–Trinajstić information content (AvgIpc) is 2.82. The number of benzene rings is 2. The number of aromatic hydroxyl groups is 1. The lowest BCUT2D eigenvalue weighted by Gasteiger charge is -2.23. The smallest absolute Gasteiger partial charge is 0.263 e. The zero-order chi connectivity index (χ0) is 24.1. The molecule has 1 heterocycles. The van der Waals surface area contributed by atoms with E-state index in [2.05, 4.69) is 4.98 Å². The number of carbonyl (C=O) groups is 1. The van der Waals surface area contributed by atoms with Gasteiger partial charge in [0.05, 0.1) is 25.1 Å². The molecule has 3 aromatic rings. The highest BCUT2D eigenvalue weighted by Gasteiger charge is 2.31. The Kier molecular flexibility index (Phi) is 8.27. The molecule has 3 rings (SSSR count). The van der Waals surface area contributed by atoms with Crippen LogP contribution in [-0.4, -0.2) is 41.4 Å². The second-order valence-electron chi connectivity index (χ2n) is 8.04. The van der Waals surface area contributed by atoms with Crippen molar-refractivity contribution in [3.63, 3.8) is 0 Å². The number of H-pyrrole nitrogens is 1. The first-order valence-corrected chi connectivity index (χ1v) is 11.6. The summed E-state index contributed by atoms with van der Waals surface area (Å²) in [5.74, 6) is -0.727. The second-order valence-corrected chi connectivity index (χ2v) is 8.90. The molecule has 0 aliphatic rings. The maximum atomic E-state index is 13.7. The molecule has 6 nitrogen and oxygen atoms in total. The van der Waals surface area contributed by atoms with E-state index in [1.807, 2.05) is 37.3 Å². The number of fused-ring (bicyclic) bond motifs is 1. The van der Waals surface area contributed by atoms with E-state index in [1.165, 1.54) is 14.2 Å². The van der Waals surface area contributed by atoms with Crippen molar-refractivity contribution in [2.45, 2.75) is 25.1 Å². The highest BCUT2D eigenvalue weighted by molar-refractivity contribution is 6.28. The topological polar surface area (TPSA) is 88.6 Å². The quantitative estimate of drug-likeness (QED) is 0.301. The summed E-state index contributed by atoms with van der Waals surface area (Å²) in [6.07, 6.45) is 0.794. The number of rotatable bonds is 10. The molecule has 0 aliphatic carbocycles. The summed E-state index contributed by atoms with van der Waals surface area (Å²) in [4.78, 5) is 29.3. The van der Waals surface area contributed by atoms with Crippen molar-refractivity contribution in [2.24, 2.45) is 11.8 Å². The highest BCUT2D eigenvalue weighted by atomic mass is 35.5. The molecule has 0 amide bonds. The van der Waals surface area contributed by atoms with Crippen molar-refractivity contribution in [3.05, 3.63) is 63.9 Å². The number of pyridine rings is 1. The Balaban J connectivity index is 2.12. The Morgan fingerprint density at radius 1 is 1.12 bits per heavy atom. The molecule has 0 spiro atoms. The van der Waals surface area contributed by atoms with Crippen LogP contribution in [0.1, 0.15) is 29.3 Å². The van der Waals surface area contributed by atoms with Crippen LogP contribution in [0.5, 0.6) is 17.2 Å². The zero-order valence-corrected chi connectivity index (χ0v) is 20.2. The first-order chi connectivity index (χ1) is 15.8. The van der Waals surface area contributed by atoms with Gasteiger partial charge in [-0.2, -0.15) is 0 Å². The fraction of sp³-hybridized carbons (Fsp3) is 0.360. The lowest BCUT2D eigenvalue weighted by molar-refractivity contribution is 0.0896. The molecular weight excluding hydrogens is 465 g/mol. The number of Topliss-reactive ketones (excluding diaryl/α,β-unsaturated/α-hetero) is 1. The van der Waals surface area contributed by atoms with E-state index in [4.69, 9.17) is 32.7 Å². The number of aromatic amines is 1. The summed E-state index contributed by atoms with van der Waals surface area (Å²) in [7, 11) is 2.89. The molecule has 2 aromatic carbocycles. The predicted octanol–water partition coefficient (Wildman–Crippen LogP) is 5.16. The van der Waals surface area contributed by atoms with Crippen LogP contribution in [0.25, 0.3) is 10.9 Å². The fourth-order valence-corrected chi connectivity index (χ4v) is 4.45. The molecule has 0 fully saturated rings. The van der Waals surface area contributed by atoms with Crippen LogP contribution in [-0.2, 0) is 6.42 Å². The number of alkyl halides is 2. The zero-order valence-electron chi connectivity index (χ0n) is 18.7. The van der Waals surface area contributed by atoms with Crippen molar-refractivity contribution >= 4 is 39.9 Å². The van der Waals surface area contributed by atoms with Gasteiger partial charge < -0.3 is 19.6 Å². The summed E-state index contributed by atoms with van der Waals surface area (Å²) >= 11 is 12.3. The molecule has 0 aliphatic heterocycles. The van der Waals surface area contributed by atoms with E-state index in [-0.39, 0.29) is 33.9 Å². The Labute approximate surface area is 202 Å². The minimum absolute atomic E-state index is 0.0851. The molecule has 0 unspecified atom stereocenters. The molecule has 176 valence electrons. The predicted molar refractivity (Wildman–Crippen MR) is 131 cm³/mol. The molecule has 8 heteroatoms. The van der Waals surface area contributed by atoms with Crippen LogP contribution in [0.4, 0.5) is 0 Å². The molecule has 0 saturated heterocycles. The molecule has 1 aromatic heterocycles. The third-order valence-corrected chi connectivity index (χ3v) is 6.93. The van der Waals surface area contributed by atoms with Crippen molar-refractivity contribution in [1.29, 1.82) is 0 Å². The number of halogens is 2. The average molecular weight is 492 g/mol. The SMILES string of the molecule is COc1ccc2[nH]c(=O)c(C(=O)[C@@H](Cc3ccccc3)C[C@H](C)[C@@H](Cl)CCl)c(O)c2c1OC. The van der Waals surface area contributed by atoms with Crippen molar-refractivity contribution in [1.82, 2.24) is 4.98 Å². The number of carbonyl (C=O) groups excluding carboxylic acids is 1. The molecule has 2 N–H and O–H groups in total. The van der Waals surface area contributed by atoms with E-state index in [0.29, 0.717) is 24.1 Å². The number of aromatic nitrogens is 1. The number of ether oxygens (including phenoxy) is 2. The summed E-state index contributed by atoms with van der Waals surface area (Å²) in [6.45, 7) is 1.92. The molecule has 0 saturated carbocycles. The third-order valence-electron chi connectivity index (χ3n) is 5.86. The second kappa shape index (κ2) is 10.9. The van der Waals surface area contributed by atoms with Gasteiger partial charge in [0, 0.05) is 17.2 Å². The lowest BCUT2D eigenvalue weighted by Crippen LogP contribution is -2.29. The standard InChI is InChI=1S/C25H27Cl2NO5/c1-14(17(27)13-26)11-16(12-15-7-5-4-6-8-15)22(29)21-23(30)20-18(28-25(21)31)9-10-19(32-2)24(20)33-3/h4-10,14,16-17H,11-13H2,1-3H3,(H2,28,30,31)/t14-,16+,17-/m0/s1. The van der Waals surface area contributed by atoms with E-state index < -0.39 is 23.0 Å². The lowest BCUT2D eigenvalue weighted by atomic mass is 9.83. The van der Waals surface area contributed by atoms with Gasteiger partial charge in [-0.1, -0.05) is 37.3 Å². The maximum absolute atomic E-state index is 13.7. The fourth-order valence-electron chi connectivity index (χ4n) is 4.05. The minimum atomic E-state index is -0.664. The monoisotopic (exact) mass is 491 g/mol. The summed E-state index contributed by atoms with van der Waals surface area (Å²) < 4.78 is 10.7. The Bertz CT molecular complexity index is 1180. The number of methoxy groups -OCH3 is 2. The van der Waals surface area contributed by atoms with Crippen LogP contribution in [0.2, 0.25) is 0 Å². The van der Waals surface area contributed by atoms with Gasteiger partial charge in [-0.3, -0.25) is 9.59 Å². The number of ketones is 1. The van der Waals surface area contributed by atoms with E-state index in [1.54, 1.807) is 12.1 Å². The Hall–Kier alpha value is -2.70. The minimum Gasteiger partial charge on any atom is -0.506 e. The molecule has 33 heavy (non-hydrogen) atoms. The largest absolute Gasteiger partial charge is 0.506 e. The van der Waals surface area contributed by atoms with Crippen LogP contribution in [0.3, 0.4) is 0 Å². The van der Waals surface area contributed by atoms with Crippen LogP contribution >= 0.6 is 23.2 Å².